The summed E-state index contributed by atoms with van der Waals surface area (Å²) in [6.45, 7) is 6.22. The molecule has 1 N–H and O–H groups in total. The van der Waals surface area contributed by atoms with Crippen LogP contribution in [-0.2, 0) is 11.2 Å². The maximum absolute atomic E-state index is 12.5. The molecule has 0 aliphatic carbocycles. The molecular weight excluding hydrogens is 282 g/mol. The Balaban J connectivity index is 1.66. The van der Waals surface area contributed by atoms with Gasteiger partial charge in [-0.2, -0.15) is 0 Å². The van der Waals surface area contributed by atoms with Gasteiger partial charge in [-0.15, -0.1) is 0 Å². The van der Waals surface area contributed by atoms with Crippen molar-refractivity contribution in [2.75, 3.05) is 19.7 Å². The van der Waals surface area contributed by atoms with E-state index in [1.165, 1.54) is 0 Å². The van der Waals surface area contributed by atoms with Crippen LogP contribution < -0.4 is 5.32 Å². The number of likely N-dealkylation sites (tertiary alicyclic amines) is 1. The van der Waals surface area contributed by atoms with Gasteiger partial charge in [-0.3, -0.25) is 0 Å². The lowest BCUT2D eigenvalue weighted by molar-refractivity contribution is 0.108. The first-order valence-corrected chi connectivity index (χ1v) is 8.31. The highest BCUT2D eigenvalue weighted by atomic mass is 16.5. The molecule has 122 valence electrons. The van der Waals surface area contributed by atoms with E-state index >= 15 is 0 Å². The number of carbonyl (C=O) groups is 1. The fourth-order valence-electron chi connectivity index (χ4n) is 3.52. The number of nitrogens with zero attached hydrogens (tertiary/aromatic N) is 2. The highest BCUT2D eigenvalue weighted by Gasteiger charge is 2.34. The number of amides is 2. The molecule has 0 aromatic carbocycles. The summed E-state index contributed by atoms with van der Waals surface area (Å²) in [4.78, 5) is 14.5. The normalized spacial score (nSPS) is 24.9. The van der Waals surface area contributed by atoms with E-state index in [0.29, 0.717) is 6.54 Å². The summed E-state index contributed by atoms with van der Waals surface area (Å²) < 4.78 is 11.0. The van der Waals surface area contributed by atoms with Gasteiger partial charge in [0.15, 0.2) is 0 Å². The van der Waals surface area contributed by atoms with E-state index in [0.717, 1.165) is 62.3 Å². The summed E-state index contributed by atoms with van der Waals surface area (Å²) >= 11 is 0. The van der Waals surface area contributed by atoms with Crippen molar-refractivity contribution in [1.29, 1.82) is 0 Å². The second-order valence-corrected chi connectivity index (χ2v) is 6.13. The molecule has 3 rings (SSSR count). The molecule has 2 atom stereocenters. The van der Waals surface area contributed by atoms with Crippen molar-refractivity contribution in [3.63, 3.8) is 0 Å². The third-order valence-electron chi connectivity index (χ3n) is 4.66. The van der Waals surface area contributed by atoms with Crippen molar-refractivity contribution in [3.8, 4) is 0 Å². The van der Waals surface area contributed by atoms with Gasteiger partial charge in [0.2, 0.25) is 0 Å². The number of aryl methyl sites for hydroxylation is 2. The molecule has 2 fully saturated rings. The van der Waals surface area contributed by atoms with E-state index in [9.17, 15) is 4.79 Å². The summed E-state index contributed by atoms with van der Waals surface area (Å²) in [6.07, 6.45) is 5.10. The van der Waals surface area contributed by atoms with Gasteiger partial charge < -0.3 is 19.5 Å². The van der Waals surface area contributed by atoms with E-state index < -0.39 is 0 Å². The topological polar surface area (TPSA) is 67.6 Å². The number of ether oxygens (including phenoxy) is 1. The van der Waals surface area contributed by atoms with Crippen LogP contribution in [0.1, 0.15) is 55.7 Å². The van der Waals surface area contributed by atoms with Crippen LogP contribution >= 0.6 is 0 Å². The van der Waals surface area contributed by atoms with Gasteiger partial charge in [0, 0.05) is 31.7 Å². The Labute approximate surface area is 131 Å². The second-order valence-electron chi connectivity index (χ2n) is 6.13. The lowest BCUT2D eigenvalue weighted by Crippen LogP contribution is -2.42. The van der Waals surface area contributed by atoms with Crippen LogP contribution in [0.3, 0.4) is 0 Å². The predicted molar refractivity (Wildman–Crippen MR) is 81.7 cm³/mol. The molecule has 0 bridgehead atoms. The summed E-state index contributed by atoms with van der Waals surface area (Å²) in [5, 5.41) is 7.11. The van der Waals surface area contributed by atoms with Crippen LogP contribution in [0.5, 0.6) is 0 Å². The minimum atomic E-state index is 0.000605. The lowest BCUT2D eigenvalue weighted by atomic mass is 10.0. The number of carbonyl (C=O) groups excluding carboxylic acids is 1. The minimum absolute atomic E-state index is 0.000605. The molecule has 1 aromatic rings. The van der Waals surface area contributed by atoms with E-state index in [4.69, 9.17) is 9.26 Å². The largest absolute Gasteiger partial charge is 0.376 e. The molecule has 22 heavy (non-hydrogen) atoms. The van der Waals surface area contributed by atoms with Gasteiger partial charge in [-0.25, -0.2) is 4.79 Å². The van der Waals surface area contributed by atoms with Gasteiger partial charge in [-0.1, -0.05) is 12.1 Å². The van der Waals surface area contributed by atoms with E-state index in [-0.39, 0.29) is 18.2 Å². The Bertz CT molecular complexity index is 523. The van der Waals surface area contributed by atoms with Gasteiger partial charge in [-0.05, 0) is 32.6 Å². The summed E-state index contributed by atoms with van der Waals surface area (Å²) in [5.41, 5.74) is 2.01. The Morgan fingerprint density at radius 2 is 2.27 bits per heavy atom. The monoisotopic (exact) mass is 307 g/mol. The molecule has 2 saturated heterocycles. The maximum atomic E-state index is 12.5. The third-order valence-corrected chi connectivity index (χ3v) is 4.66. The summed E-state index contributed by atoms with van der Waals surface area (Å²) in [5.74, 6) is 0.904. The van der Waals surface area contributed by atoms with Crippen molar-refractivity contribution < 1.29 is 14.1 Å². The average Bonchev–Trinajstić information content (AvgIpc) is 3.24. The first kappa shape index (κ1) is 15.3. The number of aromatic nitrogens is 1. The van der Waals surface area contributed by atoms with Gasteiger partial charge in [0.1, 0.15) is 5.76 Å². The van der Waals surface area contributed by atoms with Gasteiger partial charge in [0.25, 0.3) is 0 Å². The summed E-state index contributed by atoms with van der Waals surface area (Å²) in [6, 6.07) is 0.0892. The standard InChI is InChI=1S/C16H25N3O3/c1-3-14-15(11(2)18-22-14)13-7-4-8-19(13)16(20)17-10-12-6-5-9-21-12/h12-13H,3-10H2,1-2H3,(H,17,20). The lowest BCUT2D eigenvalue weighted by Gasteiger charge is -2.26. The Hall–Kier alpha value is -1.56. The fourth-order valence-corrected chi connectivity index (χ4v) is 3.52. The van der Waals surface area contributed by atoms with Crippen LogP contribution in [0.4, 0.5) is 4.79 Å². The average molecular weight is 307 g/mol. The van der Waals surface area contributed by atoms with Gasteiger partial charge in [0.05, 0.1) is 17.8 Å². The maximum Gasteiger partial charge on any atom is 0.318 e. The van der Waals surface area contributed by atoms with Crippen molar-refractivity contribution in [1.82, 2.24) is 15.4 Å². The van der Waals surface area contributed by atoms with Crippen LogP contribution in [-0.4, -0.2) is 41.9 Å². The van der Waals surface area contributed by atoms with Crippen molar-refractivity contribution >= 4 is 6.03 Å². The zero-order valence-electron chi connectivity index (χ0n) is 13.4. The molecule has 2 amide bonds. The SMILES string of the molecule is CCc1onc(C)c1C1CCCN1C(=O)NCC1CCCO1. The minimum Gasteiger partial charge on any atom is -0.376 e. The molecular formula is C16H25N3O3. The van der Waals surface area contributed by atoms with Crippen LogP contribution in [0, 0.1) is 6.92 Å². The van der Waals surface area contributed by atoms with Gasteiger partial charge >= 0.3 is 6.03 Å². The Kier molecular flexibility index (Phi) is 4.66. The van der Waals surface area contributed by atoms with E-state index in [2.05, 4.69) is 17.4 Å². The zero-order valence-corrected chi connectivity index (χ0v) is 13.4. The van der Waals surface area contributed by atoms with Crippen molar-refractivity contribution in [3.05, 3.63) is 17.0 Å². The molecule has 0 radical (unpaired) electrons. The third kappa shape index (κ3) is 2.97. The second kappa shape index (κ2) is 6.69. The molecule has 1 aromatic heterocycles. The first-order valence-electron chi connectivity index (χ1n) is 8.31. The summed E-state index contributed by atoms with van der Waals surface area (Å²) in [7, 11) is 0. The fraction of sp³-hybridized carbons (Fsp3) is 0.750. The molecule has 2 aliphatic rings. The molecule has 0 spiro atoms. The van der Waals surface area contributed by atoms with E-state index in [1.807, 2.05) is 11.8 Å². The molecule has 2 unspecified atom stereocenters. The number of urea groups is 1. The van der Waals surface area contributed by atoms with Crippen LogP contribution in [0.2, 0.25) is 0 Å². The smallest absolute Gasteiger partial charge is 0.318 e. The number of rotatable bonds is 4. The number of hydrogen-bond donors (Lipinski definition) is 1. The highest BCUT2D eigenvalue weighted by Crippen LogP contribution is 2.35. The highest BCUT2D eigenvalue weighted by molar-refractivity contribution is 5.75. The Morgan fingerprint density at radius 1 is 1.41 bits per heavy atom. The quantitative estimate of drug-likeness (QED) is 0.928. The number of nitrogens with one attached hydrogen (secondary N) is 1. The Morgan fingerprint density at radius 3 is 3.00 bits per heavy atom. The molecule has 2 aliphatic heterocycles. The zero-order chi connectivity index (χ0) is 15.5. The first-order chi connectivity index (χ1) is 10.7. The molecule has 0 saturated carbocycles. The molecule has 6 heteroatoms. The molecule has 3 heterocycles. The van der Waals surface area contributed by atoms with Crippen LogP contribution in [0.15, 0.2) is 4.52 Å². The van der Waals surface area contributed by atoms with Crippen molar-refractivity contribution in [2.45, 2.75) is 58.1 Å². The van der Waals surface area contributed by atoms with Crippen LogP contribution in [0.25, 0.3) is 0 Å². The molecule has 6 nitrogen and oxygen atoms in total. The number of hydrogen-bond acceptors (Lipinski definition) is 4. The predicted octanol–water partition coefficient (Wildman–Crippen LogP) is 2.57. The van der Waals surface area contributed by atoms with Crippen molar-refractivity contribution in [2.24, 2.45) is 0 Å². The van der Waals surface area contributed by atoms with E-state index in [1.54, 1.807) is 0 Å².